The molecule has 0 amide bonds. The second-order valence-electron chi connectivity index (χ2n) is 4.08. The summed E-state index contributed by atoms with van der Waals surface area (Å²) in [6, 6.07) is 3.34. The van der Waals surface area contributed by atoms with Crippen LogP contribution in [0.5, 0.6) is 5.75 Å². The van der Waals surface area contributed by atoms with Gasteiger partial charge in [-0.05, 0) is 12.8 Å². The second-order valence-corrected chi connectivity index (χ2v) is 4.08. The van der Waals surface area contributed by atoms with Gasteiger partial charge in [-0.1, -0.05) is 12.1 Å². The fourth-order valence-electron chi connectivity index (χ4n) is 1.82. The topological polar surface area (TPSA) is 38.7 Å². The van der Waals surface area contributed by atoms with Gasteiger partial charge in [0, 0.05) is 18.2 Å². The third-order valence-corrected chi connectivity index (χ3v) is 2.91. The highest BCUT2D eigenvalue weighted by molar-refractivity contribution is 5.45. The Morgan fingerprint density at radius 2 is 2.06 bits per heavy atom. The number of aliphatic hydroxyl groups is 1. The average molecular weight is 226 g/mol. The lowest BCUT2D eigenvalue weighted by Crippen LogP contribution is -2.09. The van der Waals surface area contributed by atoms with Gasteiger partial charge in [0.1, 0.15) is 0 Å². The van der Waals surface area contributed by atoms with Crippen molar-refractivity contribution in [2.24, 2.45) is 0 Å². The zero-order valence-corrected chi connectivity index (χ0v) is 9.42. The lowest BCUT2D eigenvalue weighted by molar-refractivity contribution is 0.145. The van der Waals surface area contributed by atoms with Gasteiger partial charge in [-0.3, -0.25) is 0 Å². The van der Waals surface area contributed by atoms with E-state index in [-0.39, 0.29) is 12.4 Å². The first-order chi connectivity index (χ1) is 7.62. The minimum atomic E-state index is -0.891. The molecule has 2 rings (SSSR count). The van der Waals surface area contributed by atoms with E-state index in [1.165, 1.54) is 14.2 Å². The summed E-state index contributed by atoms with van der Waals surface area (Å²) in [6.07, 6.45) is 1.32. The van der Waals surface area contributed by atoms with Gasteiger partial charge in [-0.25, -0.2) is 4.39 Å². The van der Waals surface area contributed by atoms with E-state index < -0.39 is 11.4 Å². The standard InChI is InChI=1S/C12H15FO3/c1-15-7-8-3-4-9(12(14)5-6-12)11(16-2)10(8)13/h3-4,14H,5-7H2,1-2H3. The van der Waals surface area contributed by atoms with Crippen LogP contribution in [-0.4, -0.2) is 19.3 Å². The second kappa shape index (κ2) is 4.03. The molecule has 0 aromatic heterocycles. The van der Waals surface area contributed by atoms with Crippen LogP contribution in [0.15, 0.2) is 12.1 Å². The summed E-state index contributed by atoms with van der Waals surface area (Å²) in [6.45, 7) is 0.195. The Hall–Kier alpha value is -1.13. The van der Waals surface area contributed by atoms with Gasteiger partial charge in [0.05, 0.1) is 19.3 Å². The molecule has 1 fully saturated rings. The van der Waals surface area contributed by atoms with E-state index in [1.807, 2.05) is 0 Å². The zero-order chi connectivity index (χ0) is 11.8. The van der Waals surface area contributed by atoms with E-state index in [1.54, 1.807) is 12.1 Å². The number of rotatable bonds is 4. The molecule has 1 aliphatic carbocycles. The third kappa shape index (κ3) is 1.79. The van der Waals surface area contributed by atoms with Gasteiger partial charge < -0.3 is 14.6 Å². The molecule has 0 heterocycles. The summed E-state index contributed by atoms with van der Waals surface area (Å²) < 4.78 is 23.9. The van der Waals surface area contributed by atoms with Gasteiger partial charge in [-0.2, -0.15) is 0 Å². The van der Waals surface area contributed by atoms with Crippen LogP contribution in [-0.2, 0) is 16.9 Å². The van der Waals surface area contributed by atoms with Crippen LogP contribution in [0.2, 0.25) is 0 Å². The Balaban J connectivity index is 2.44. The summed E-state index contributed by atoms with van der Waals surface area (Å²) in [5.41, 5.74) is 0.0809. The van der Waals surface area contributed by atoms with Crippen LogP contribution >= 0.6 is 0 Å². The molecular formula is C12H15FO3. The maximum atomic E-state index is 14.0. The molecule has 0 unspecified atom stereocenters. The lowest BCUT2D eigenvalue weighted by Gasteiger charge is -2.15. The number of ether oxygens (including phenoxy) is 2. The molecule has 4 heteroatoms. The SMILES string of the molecule is COCc1ccc(C2(O)CC2)c(OC)c1F. The van der Waals surface area contributed by atoms with Crippen molar-refractivity contribution < 1.29 is 19.0 Å². The highest BCUT2D eigenvalue weighted by Gasteiger charge is 2.45. The van der Waals surface area contributed by atoms with Crippen molar-refractivity contribution in [1.29, 1.82) is 0 Å². The van der Waals surface area contributed by atoms with Crippen LogP contribution in [0.25, 0.3) is 0 Å². The maximum Gasteiger partial charge on any atom is 0.170 e. The summed E-state index contributed by atoms with van der Waals surface area (Å²) in [4.78, 5) is 0. The van der Waals surface area contributed by atoms with Crippen molar-refractivity contribution in [3.8, 4) is 5.75 Å². The average Bonchev–Trinajstić information content (AvgIpc) is 3.00. The molecule has 1 N–H and O–H groups in total. The smallest absolute Gasteiger partial charge is 0.170 e. The largest absolute Gasteiger partial charge is 0.493 e. The minimum Gasteiger partial charge on any atom is -0.493 e. The molecule has 1 saturated carbocycles. The Morgan fingerprint density at radius 3 is 2.56 bits per heavy atom. The van der Waals surface area contributed by atoms with E-state index >= 15 is 0 Å². The first kappa shape index (κ1) is 11.4. The van der Waals surface area contributed by atoms with Crippen LogP contribution in [0, 0.1) is 5.82 Å². The van der Waals surface area contributed by atoms with Crippen LogP contribution in [0.4, 0.5) is 4.39 Å². The molecule has 1 aromatic rings. The number of halogens is 1. The van der Waals surface area contributed by atoms with Crippen LogP contribution in [0.1, 0.15) is 24.0 Å². The van der Waals surface area contributed by atoms with E-state index in [0.29, 0.717) is 24.0 Å². The minimum absolute atomic E-state index is 0.134. The number of methoxy groups -OCH3 is 2. The Bertz CT molecular complexity index is 399. The summed E-state index contributed by atoms with van der Waals surface area (Å²) in [7, 11) is 2.92. The molecular weight excluding hydrogens is 211 g/mol. The highest BCUT2D eigenvalue weighted by Crippen LogP contribution is 2.49. The normalized spacial score (nSPS) is 17.2. The van der Waals surface area contributed by atoms with Gasteiger partial charge in [-0.15, -0.1) is 0 Å². The van der Waals surface area contributed by atoms with Gasteiger partial charge in [0.2, 0.25) is 0 Å². The molecule has 0 aliphatic heterocycles. The third-order valence-electron chi connectivity index (χ3n) is 2.91. The molecule has 0 atom stereocenters. The van der Waals surface area contributed by atoms with Crippen molar-refractivity contribution in [1.82, 2.24) is 0 Å². The Labute approximate surface area is 93.8 Å². The number of hydrogen-bond acceptors (Lipinski definition) is 3. The Morgan fingerprint density at radius 1 is 1.38 bits per heavy atom. The molecule has 0 bridgehead atoms. The van der Waals surface area contributed by atoms with Crippen LogP contribution in [0.3, 0.4) is 0 Å². The maximum absolute atomic E-state index is 14.0. The van der Waals surface area contributed by atoms with Crippen molar-refractivity contribution in [3.05, 3.63) is 29.1 Å². The van der Waals surface area contributed by atoms with Gasteiger partial charge >= 0.3 is 0 Å². The van der Waals surface area contributed by atoms with E-state index in [0.717, 1.165) is 0 Å². The lowest BCUT2D eigenvalue weighted by atomic mass is 10.0. The molecule has 0 radical (unpaired) electrons. The van der Waals surface area contributed by atoms with E-state index in [4.69, 9.17) is 9.47 Å². The van der Waals surface area contributed by atoms with Gasteiger partial charge in [0.15, 0.2) is 11.6 Å². The number of benzene rings is 1. The van der Waals surface area contributed by atoms with Crippen molar-refractivity contribution in [2.75, 3.05) is 14.2 Å². The monoisotopic (exact) mass is 226 g/mol. The summed E-state index contributed by atoms with van der Waals surface area (Å²) in [5, 5.41) is 9.98. The molecule has 16 heavy (non-hydrogen) atoms. The van der Waals surface area contributed by atoms with Gasteiger partial charge in [0.25, 0.3) is 0 Å². The van der Waals surface area contributed by atoms with Crippen LogP contribution < -0.4 is 4.74 Å². The molecule has 1 aromatic carbocycles. The fourth-order valence-corrected chi connectivity index (χ4v) is 1.82. The molecule has 0 saturated heterocycles. The van der Waals surface area contributed by atoms with E-state index in [2.05, 4.69) is 0 Å². The van der Waals surface area contributed by atoms with Crippen molar-refractivity contribution in [2.45, 2.75) is 25.0 Å². The summed E-state index contributed by atoms with van der Waals surface area (Å²) in [5.74, 6) is -0.309. The quantitative estimate of drug-likeness (QED) is 0.853. The summed E-state index contributed by atoms with van der Waals surface area (Å²) >= 11 is 0. The predicted molar refractivity (Wildman–Crippen MR) is 56.8 cm³/mol. The fraction of sp³-hybridized carbons (Fsp3) is 0.500. The van der Waals surface area contributed by atoms with Crippen molar-refractivity contribution >= 4 is 0 Å². The Kier molecular flexibility index (Phi) is 2.86. The zero-order valence-electron chi connectivity index (χ0n) is 9.42. The van der Waals surface area contributed by atoms with Crippen molar-refractivity contribution in [3.63, 3.8) is 0 Å². The van der Waals surface area contributed by atoms with E-state index in [9.17, 15) is 9.50 Å². The first-order valence-corrected chi connectivity index (χ1v) is 5.19. The molecule has 0 spiro atoms. The number of hydrogen-bond donors (Lipinski definition) is 1. The molecule has 88 valence electrons. The first-order valence-electron chi connectivity index (χ1n) is 5.19. The molecule has 3 nitrogen and oxygen atoms in total. The molecule has 1 aliphatic rings. The highest BCUT2D eigenvalue weighted by atomic mass is 19.1. The predicted octanol–water partition coefficient (Wildman–Crippen LogP) is 1.96.